The molecule has 4 nitrogen and oxygen atoms in total. The van der Waals surface area contributed by atoms with Crippen LogP contribution in [0.3, 0.4) is 0 Å². The Morgan fingerprint density at radius 3 is 2.81 bits per heavy atom. The van der Waals surface area contributed by atoms with Crippen molar-refractivity contribution >= 4 is 21.8 Å². The number of carbonyl (C=O) groups excluding carboxylic acids is 1. The summed E-state index contributed by atoms with van der Waals surface area (Å²) in [6.45, 7) is 8.28. The molecule has 1 aromatic rings. The number of rotatable bonds is 3. The van der Waals surface area contributed by atoms with Crippen molar-refractivity contribution in [1.82, 2.24) is 5.32 Å². The first-order valence-corrected chi connectivity index (χ1v) is 10.4. The lowest BCUT2D eigenvalue weighted by Gasteiger charge is -2.52. The molecule has 1 aliphatic heterocycles. The fraction of sp³-hybridized carbons (Fsp3) is 0.667. The summed E-state index contributed by atoms with van der Waals surface area (Å²) in [5, 5.41) is 13.7. The highest BCUT2D eigenvalue weighted by atomic mass is 79.9. The van der Waals surface area contributed by atoms with E-state index >= 15 is 0 Å². The molecule has 0 bridgehead atoms. The van der Waals surface area contributed by atoms with Gasteiger partial charge < -0.3 is 15.2 Å². The maximum absolute atomic E-state index is 12.5. The molecule has 2 N–H and O–H groups in total. The minimum atomic E-state index is -0.330. The minimum Gasteiger partial charge on any atom is -0.508 e. The van der Waals surface area contributed by atoms with Gasteiger partial charge in [-0.2, -0.15) is 0 Å². The third kappa shape index (κ3) is 3.94. The summed E-state index contributed by atoms with van der Waals surface area (Å²) in [7, 11) is 0. The van der Waals surface area contributed by atoms with Crippen molar-refractivity contribution in [3.63, 3.8) is 0 Å². The van der Waals surface area contributed by atoms with Crippen molar-refractivity contribution in [3.05, 3.63) is 28.2 Å². The molecular weight excluding hydrogens is 394 g/mol. The molecule has 0 aromatic heterocycles. The standard InChI is InChI=1S/C21H30BrNO3/c1-12(2)20(25)23-21(4)11-19(15-10-14(22)6-8-17(15)24)26-18-9-13(3)5-7-16(18)21/h6,8,10,12-13,16,18-19,24H,5,7,9,11H2,1-4H3,(H,23,25)/t13-,16-,18-,19-,21-/m0/s1. The zero-order valence-corrected chi connectivity index (χ0v) is 17.7. The number of aromatic hydroxyl groups is 1. The van der Waals surface area contributed by atoms with E-state index in [1.54, 1.807) is 6.07 Å². The molecule has 0 spiro atoms. The molecule has 1 saturated carbocycles. The number of carbonyl (C=O) groups is 1. The van der Waals surface area contributed by atoms with Crippen molar-refractivity contribution < 1.29 is 14.6 Å². The van der Waals surface area contributed by atoms with E-state index in [0.29, 0.717) is 18.3 Å². The van der Waals surface area contributed by atoms with Gasteiger partial charge in [0.15, 0.2) is 0 Å². The van der Waals surface area contributed by atoms with E-state index in [0.717, 1.165) is 22.9 Å². The summed E-state index contributed by atoms with van der Waals surface area (Å²) in [4.78, 5) is 12.5. The van der Waals surface area contributed by atoms with Gasteiger partial charge in [-0.1, -0.05) is 43.1 Å². The third-order valence-electron chi connectivity index (χ3n) is 6.09. The molecule has 1 heterocycles. The lowest BCUT2D eigenvalue weighted by atomic mass is 9.66. The Balaban J connectivity index is 1.94. The zero-order valence-electron chi connectivity index (χ0n) is 16.1. The van der Waals surface area contributed by atoms with Crippen LogP contribution in [0.25, 0.3) is 0 Å². The molecule has 5 atom stereocenters. The number of hydrogen-bond donors (Lipinski definition) is 2. The summed E-state index contributed by atoms with van der Waals surface area (Å²) in [6, 6.07) is 5.45. The summed E-state index contributed by atoms with van der Waals surface area (Å²) in [5.74, 6) is 1.22. The van der Waals surface area contributed by atoms with Gasteiger partial charge in [-0.25, -0.2) is 0 Å². The van der Waals surface area contributed by atoms with E-state index < -0.39 is 0 Å². The molecule has 1 aromatic carbocycles. The van der Waals surface area contributed by atoms with E-state index in [4.69, 9.17) is 4.74 Å². The van der Waals surface area contributed by atoms with Gasteiger partial charge in [0.05, 0.1) is 12.2 Å². The minimum absolute atomic E-state index is 0.0478. The van der Waals surface area contributed by atoms with Gasteiger partial charge in [-0.15, -0.1) is 0 Å². The van der Waals surface area contributed by atoms with Crippen LogP contribution in [0.1, 0.15) is 65.0 Å². The Kier molecular flexibility index (Phi) is 5.69. The average molecular weight is 424 g/mol. The lowest BCUT2D eigenvalue weighted by Crippen LogP contribution is -2.61. The second-order valence-corrected chi connectivity index (χ2v) is 9.57. The van der Waals surface area contributed by atoms with Gasteiger partial charge in [0.25, 0.3) is 0 Å². The number of phenolic OH excluding ortho intramolecular Hbond substituents is 1. The Morgan fingerprint density at radius 2 is 2.12 bits per heavy atom. The maximum atomic E-state index is 12.5. The fourth-order valence-electron chi connectivity index (χ4n) is 4.54. The van der Waals surface area contributed by atoms with Gasteiger partial charge in [0.2, 0.25) is 5.91 Å². The summed E-state index contributed by atoms with van der Waals surface area (Å²) in [5.41, 5.74) is 0.463. The second kappa shape index (κ2) is 7.51. The monoisotopic (exact) mass is 423 g/mol. The molecule has 2 fully saturated rings. The predicted molar refractivity (Wildman–Crippen MR) is 106 cm³/mol. The van der Waals surface area contributed by atoms with Gasteiger partial charge >= 0.3 is 0 Å². The van der Waals surface area contributed by atoms with Crippen LogP contribution in [0.2, 0.25) is 0 Å². The van der Waals surface area contributed by atoms with E-state index in [2.05, 4.69) is 35.1 Å². The summed E-state index contributed by atoms with van der Waals surface area (Å²) in [6.07, 6.45) is 3.79. The van der Waals surface area contributed by atoms with Gasteiger partial charge in [0, 0.05) is 33.8 Å². The number of benzene rings is 1. The van der Waals surface area contributed by atoms with Crippen LogP contribution in [0, 0.1) is 17.8 Å². The first-order valence-electron chi connectivity index (χ1n) is 9.65. The number of phenols is 1. The predicted octanol–water partition coefficient (Wildman–Crippen LogP) is 4.95. The van der Waals surface area contributed by atoms with Crippen LogP contribution >= 0.6 is 15.9 Å². The van der Waals surface area contributed by atoms with E-state index in [1.807, 2.05) is 26.0 Å². The highest BCUT2D eigenvalue weighted by Gasteiger charge is 2.49. The molecule has 2 aliphatic rings. The molecule has 1 amide bonds. The van der Waals surface area contributed by atoms with Crippen LogP contribution in [0.4, 0.5) is 0 Å². The van der Waals surface area contributed by atoms with E-state index in [1.165, 1.54) is 6.42 Å². The van der Waals surface area contributed by atoms with Crippen molar-refractivity contribution in [2.45, 2.75) is 71.1 Å². The SMILES string of the molecule is CC(C)C(=O)N[C@@]1(C)C[C@@H](c2cc(Br)ccc2O)O[C@H]2C[C@@H](C)CC[C@@H]21. The fourth-order valence-corrected chi connectivity index (χ4v) is 4.92. The lowest BCUT2D eigenvalue weighted by molar-refractivity contribution is -0.155. The van der Waals surface area contributed by atoms with Crippen molar-refractivity contribution in [1.29, 1.82) is 0 Å². The normalized spacial score (nSPS) is 34.4. The molecule has 0 unspecified atom stereocenters. The Bertz CT molecular complexity index is 677. The largest absolute Gasteiger partial charge is 0.508 e. The van der Waals surface area contributed by atoms with Crippen LogP contribution in [0.15, 0.2) is 22.7 Å². The second-order valence-electron chi connectivity index (χ2n) is 8.66. The van der Waals surface area contributed by atoms with Crippen LogP contribution in [-0.4, -0.2) is 22.7 Å². The number of fused-ring (bicyclic) bond motifs is 1. The number of hydrogen-bond acceptors (Lipinski definition) is 3. The molecule has 1 saturated heterocycles. The van der Waals surface area contributed by atoms with Gasteiger partial charge in [0.1, 0.15) is 5.75 Å². The number of halogens is 1. The number of nitrogens with one attached hydrogen (secondary N) is 1. The zero-order chi connectivity index (χ0) is 19.1. The first-order chi connectivity index (χ1) is 12.2. The molecule has 1 aliphatic carbocycles. The summed E-state index contributed by atoms with van der Waals surface area (Å²) < 4.78 is 7.41. The quantitative estimate of drug-likeness (QED) is 0.722. The Hall–Kier alpha value is -1.07. The molecule has 5 heteroatoms. The average Bonchev–Trinajstić information content (AvgIpc) is 2.56. The highest BCUT2D eigenvalue weighted by molar-refractivity contribution is 9.10. The molecular formula is C21H30BrNO3. The molecule has 26 heavy (non-hydrogen) atoms. The van der Waals surface area contributed by atoms with Crippen LogP contribution in [-0.2, 0) is 9.53 Å². The van der Waals surface area contributed by atoms with Crippen LogP contribution in [0.5, 0.6) is 5.75 Å². The molecule has 144 valence electrons. The maximum Gasteiger partial charge on any atom is 0.222 e. The summed E-state index contributed by atoms with van der Waals surface area (Å²) >= 11 is 3.49. The van der Waals surface area contributed by atoms with Crippen molar-refractivity contribution in [2.75, 3.05) is 0 Å². The van der Waals surface area contributed by atoms with Crippen molar-refractivity contribution in [3.8, 4) is 5.75 Å². The first kappa shape index (κ1) is 19.7. The topological polar surface area (TPSA) is 58.6 Å². The molecule has 0 radical (unpaired) electrons. The van der Waals surface area contributed by atoms with E-state index in [-0.39, 0.29) is 35.3 Å². The Morgan fingerprint density at radius 1 is 1.38 bits per heavy atom. The van der Waals surface area contributed by atoms with E-state index in [9.17, 15) is 9.90 Å². The highest BCUT2D eigenvalue weighted by Crippen LogP contribution is 2.49. The van der Waals surface area contributed by atoms with Gasteiger partial charge in [-0.3, -0.25) is 4.79 Å². The number of ether oxygens (including phenoxy) is 1. The van der Waals surface area contributed by atoms with Crippen molar-refractivity contribution in [2.24, 2.45) is 17.8 Å². The molecule has 3 rings (SSSR count). The van der Waals surface area contributed by atoms with Gasteiger partial charge in [-0.05, 0) is 43.9 Å². The number of amides is 1. The third-order valence-corrected chi connectivity index (χ3v) is 6.58. The smallest absolute Gasteiger partial charge is 0.222 e. The van der Waals surface area contributed by atoms with Crippen LogP contribution < -0.4 is 5.32 Å². The Labute approximate surface area is 164 Å².